The molecule has 0 unspecified atom stereocenters. The van der Waals surface area contributed by atoms with Gasteiger partial charge >= 0.3 is 0 Å². The van der Waals surface area contributed by atoms with Crippen LogP contribution >= 0.6 is 22.7 Å². The lowest BCUT2D eigenvalue weighted by atomic mass is 9.89. The van der Waals surface area contributed by atoms with Gasteiger partial charge < -0.3 is 0 Å². The van der Waals surface area contributed by atoms with Crippen molar-refractivity contribution in [2.45, 2.75) is 0 Å². The van der Waals surface area contributed by atoms with Crippen molar-refractivity contribution in [1.82, 2.24) is 4.98 Å². The van der Waals surface area contributed by atoms with E-state index in [0.717, 1.165) is 11.2 Å². The normalized spacial score (nSPS) is 12.3. The molecule has 56 heavy (non-hydrogen) atoms. The molecule has 0 bridgehead atoms. The van der Waals surface area contributed by atoms with Crippen molar-refractivity contribution in [3.05, 3.63) is 176 Å². The van der Waals surface area contributed by atoms with Crippen LogP contribution in [0.2, 0.25) is 0 Å². The lowest BCUT2D eigenvalue weighted by Gasteiger charge is -2.16. The van der Waals surface area contributed by atoms with Gasteiger partial charge in [0.05, 0.1) is 11.2 Å². The Morgan fingerprint density at radius 1 is 0.321 bits per heavy atom. The number of thiophene rings is 2. The molecule has 0 saturated heterocycles. The Bertz CT molecular complexity index is 3760. The first kappa shape index (κ1) is 30.7. The summed E-state index contributed by atoms with van der Waals surface area (Å²) in [5.74, 6) is 0. The number of hydrogen-bond acceptors (Lipinski definition) is 3. The lowest BCUT2D eigenvalue weighted by Crippen LogP contribution is -1.92. The predicted octanol–water partition coefficient (Wildman–Crippen LogP) is 16.0. The molecule has 0 N–H and O–H groups in total. The molecule has 3 heterocycles. The topological polar surface area (TPSA) is 12.9 Å². The summed E-state index contributed by atoms with van der Waals surface area (Å²) in [7, 11) is 0. The number of rotatable bonds is 3. The summed E-state index contributed by atoms with van der Waals surface area (Å²) < 4.78 is 5.27. The SMILES string of the molecule is c1cc(-c2ccc3sc4ccc5c(-c6ccc7ccc8cccc9ccc6c7c89)nc6ccccc6c5c4c3c2)cc(-c2cccc3c2sc2ccccc23)c1. The third kappa shape index (κ3) is 4.27. The van der Waals surface area contributed by atoms with E-state index >= 15 is 0 Å². The van der Waals surface area contributed by atoms with E-state index in [0.29, 0.717) is 0 Å². The van der Waals surface area contributed by atoms with E-state index in [1.165, 1.54) is 117 Å². The van der Waals surface area contributed by atoms with E-state index in [9.17, 15) is 0 Å². The molecule has 3 aromatic heterocycles. The molecule has 0 aliphatic carbocycles. The Kier molecular flexibility index (Phi) is 6.26. The number of hydrogen-bond donors (Lipinski definition) is 0. The van der Waals surface area contributed by atoms with Crippen molar-refractivity contribution in [1.29, 1.82) is 0 Å². The second-order valence-corrected chi connectivity index (χ2v) is 17.1. The van der Waals surface area contributed by atoms with Gasteiger partial charge in [0, 0.05) is 62.1 Å². The van der Waals surface area contributed by atoms with Crippen LogP contribution in [0.4, 0.5) is 0 Å². The number of pyridine rings is 1. The second-order valence-electron chi connectivity index (χ2n) is 15.0. The van der Waals surface area contributed by atoms with E-state index in [2.05, 4.69) is 176 Å². The maximum atomic E-state index is 5.47. The number of para-hydroxylation sites is 1. The molecular formula is C53H29NS2. The van der Waals surface area contributed by atoms with Crippen molar-refractivity contribution in [3.8, 4) is 33.5 Å². The minimum absolute atomic E-state index is 1.02. The molecule has 0 atom stereocenters. The van der Waals surface area contributed by atoms with Gasteiger partial charge in [0.25, 0.3) is 0 Å². The number of nitrogens with zero attached hydrogens (tertiary/aromatic N) is 1. The van der Waals surface area contributed by atoms with Gasteiger partial charge in [0.1, 0.15) is 0 Å². The fourth-order valence-corrected chi connectivity index (χ4v) is 11.8. The van der Waals surface area contributed by atoms with E-state index < -0.39 is 0 Å². The molecule has 0 spiro atoms. The Morgan fingerprint density at radius 3 is 1.93 bits per heavy atom. The average Bonchev–Trinajstić information content (AvgIpc) is 3.83. The van der Waals surface area contributed by atoms with Crippen LogP contribution in [-0.2, 0) is 0 Å². The summed E-state index contributed by atoms with van der Waals surface area (Å²) in [4.78, 5) is 5.47. The highest BCUT2D eigenvalue weighted by Gasteiger charge is 2.20. The van der Waals surface area contributed by atoms with Crippen molar-refractivity contribution < 1.29 is 0 Å². The monoisotopic (exact) mass is 743 g/mol. The van der Waals surface area contributed by atoms with Crippen LogP contribution in [0.15, 0.2) is 176 Å². The molecule has 258 valence electrons. The highest BCUT2D eigenvalue weighted by Crippen LogP contribution is 2.47. The molecule has 0 fully saturated rings. The highest BCUT2D eigenvalue weighted by atomic mass is 32.1. The number of benzene rings is 10. The van der Waals surface area contributed by atoms with E-state index in [1.807, 2.05) is 22.7 Å². The van der Waals surface area contributed by atoms with Gasteiger partial charge in [-0.05, 0) is 91.0 Å². The van der Waals surface area contributed by atoms with Gasteiger partial charge in [-0.2, -0.15) is 0 Å². The second kappa shape index (κ2) is 11.4. The van der Waals surface area contributed by atoms with Gasteiger partial charge in [-0.1, -0.05) is 140 Å². The zero-order chi connectivity index (χ0) is 36.5. The number of fused-ring (bicyclic) bond motifs is 10. The zero-order valence-electron chi connectivity index (χ0n) is 30.0. The van der Waals surface area contributed by atoms with Gasteiger partial charge in [-0.15, -0.1) is 22.7 Å². The zero-order valence-corrected chi connectivity index (χ0v) is 31.6. The standard InChI is InChI=1S/C53H29NS2/c1-3-16-44-41(13-1)50-42(52(54-44)39-24-21-32-19-18-30-8-5-9-31-20-23-38(39)49(32)48(30)31)25-27-47-51(50)43-29-34(22-26-46(43)55-47)33-10-6-11-35(28-33)36-14-7-15-40-37-12-2-4-17-45(37)56-53(36)40/h1-29H. The van der Waals surface area contributed by atoms with Crippen LogP contribution in [0.25, 0.3) is 128 Å². The predicted molar refractivity (Wildman–Crippen MR) is 245 cm³/mol. The van der Waals surface area contributed by atoms with Crippen molar-refractivity contribution in [3.63, 3.8) is 0 Å². The summed E-state index contributed by atoms with van der Waals surface area (Å²) in [6.07, 6.45) is 0. The summed E-state index contributed by atoms with van der Waals surface area (Å²) in [6, 6.07) is 65.3. The van der Waals surface area contributed by atoms with Gasteiger partial charge in [-0.3, -0.25) is 0 Å². The molecule has 0 aliphatic heterocycles. The molecule has 0 saturated carbocycles. The molecule has 3 heteroatoms. The summed E-state index contributed by atoms with van der Waals surface area (Å²) in [5.41, 5.74) is 8.22. The summed E-state index contributed by atoms with van der Waals surface area (Å²) in [6.45, 7) is 0. The van der Waals surface area contributed by atoms with Crippen LogP contribution in [0.1, 0.15) is 0 Å². The maximum Gasteiger partial charge on any atom is 0.0794 e. The van der Waals surface area contributed by atoms with Crippen molar-refractivity contribution in [2.24, 2.45) is 0 Å². The lowest BCUT2D eigenvalue weighted by molar-refractivity contribution is 1.44. The third-order valence-corrected chi connectivity index (χ3v) is 14.3. The molecule has 10 aromatic carbocycles. The van der Waals surface area contributed by atoms with Crippen LogP contribution in [-0.4, -0.2) is 4.98 Å². The van der Waals surface area contributed by atoms with E-state index in [4.69, 9.17) is 4.98 Å². The largest absolute Gasteiger partial charge is 0.247 e. The quantitative estimate of drug-likeness (QED) is 0.164. The van der Waals surface area contributed by atoms with Crippen LogP contribution in [0, 0.1) is 0 Å². The van der Waals surface area contributed by atoms with Gasteiger partial charge in [0.2, 0.25) is 0 Å². The summed E-state index contributed by atoms with van der Waals surface area (Å²) in [5, 5.41) is 16.6. The fraction of sp³-hybridized carbons (Fsp3) is 0. The average molecular weight is 744 g/mol. The highest BCUT2D eigenvalue weighted by molar-refractivity contribution is 7.26. The van der Waals surface area contributed by atoms with Gasteiger partial charge in [0.15, 0.2) is 0 Å². The van der Waals surface area contributed by atoms with Gasteiger partial charge in [-0.25, -0.2) is 4.98 Å². The number of aromatic nitrogens is 1. The van der Waals surface area contributed by atoms with Crippen molar-refractivity contribution in [2.75, 3.05) is 0 Å². The minimum atomic E-state index is 1.02. The molecule has 1 nitrogen and oxygen atoms in total. The van der Waals surface area contributed by atoms with Crippen LogP contribution in [0.5, 0.6) is 0 Å². The molecule has 0 aliphatic rings. The van der Waals surface area contributed by atoms with Crippen LogP contribution < -0.4 is 0 Å². The molecule has 0 radical (unpaired) electrons. The fourth-order valence-electron chi connectivity index (χ4n) is 9.48. The Balaban J connectivity index is 1.05. The maximum absolute atomic E-state index is 5.47. The molecule has 13 aromatic rings. The van der Waals surface area contributed by atoms with Crippen LogP contribution in [0.3, 0.4) is 0 Å². The first-order valence-electron chi connectivity index (χ1n) is 19.1. The minimum Gasteiger partial charge on any atom is -0.247 e. The third-order valence-electron chi connectivity index (χ3n) is 12.0. The van der Waals surface area contributed by atoms with Crippen molar-refractivity contribution >= 4 is 117 Å². The first-order valence-corrected chi connectivity index (χ1v) is 20.7. The Labute approximate surface area is 329 Å². The Hall–Kier alpha value is -6.65. The molecule has 13 rings (SSSR count). The Morgan fingerprint density at radius 2 is 1.00 bits per heavy atom. The molecular weight excluding hydrogens is 715 g/mol. The first-order chi connectivity index (χ1) is 27.7. The smallest absolute Gasteiger partial charge is 0.0794 e. The van der Waals surface area contributed by atoms with E-state index in [-0.39, 0.29) is 0 Å². The summed E-state index contributed by atoms with van der Waals surface area (Å²) >= 11 is 3.77. The molecule has 0 amide bonds. The van der Waals surface area contributed by atoms with E-state index in [1.54, 1.807) is 0 Å².